The summed E-state index contributed by atoms with van der Waals surface area (Å²) in [5.41, 5.74) is -0.134. The van der Waals surface area contributed by atoms with Crippen molar-refractivity contribution in [3.63, 3.8) is 0 Å². The zero-order valence-electron chi connectivity index (χ0n) is 5.37. The minimum absolute atomic E-state index is 0.134. The van der Waals surface area contributed by atoms with Crippen molar-refractivity contribution in [2.24, 2.45) is 0 Å². The predicted molar refractivity (Wildman–Crippen MR) is 32.6 cm³/mol. The van der Waals surface area contributed by atoms with Crippen LogP contribution in [-0.2, 0) is 0 Å². The molecule has 0 bridgehead atoms. The van der Waals surface area contributed by atoms with Crippen molar-refractivity contribution in [1.29, 1.82) is 0 Å². The maximum Gasteiger partial charge on any atom is 0.337 e. The number of nitrogens with zero attached hydrogens (tertiary/aromatic N) is 1. The molecular weight excluding hydrogens is 156 g/mol. The largest absolute Gasteiger partial charge is 0.478 e. The van der Waals surface area contributed by atoms with Crippen LogP contribution in [-0.4, -0.2) is 15.6 Å². The van der Waals surface area contributed by atoms with E-state index >= 15 is 0 Å². The summed E-state index contributed by atoms with van der Waals surface area (Å²) in [6.45, 7) is -2.68. The first-order chi connectivity index (χ1) is 5.11. The van der Waals surface area contributed by atoms with Gasteiger partial charge in [-0.05, 0) is 6.07 Å². The van der Waals surface area contributed by atoms with Crippen molar-refractivity contribution < 1.29 is 18.7 Å². The van der Waals surface area contributed by atoms with Crippen LogP contribution in [0.25, 0.3) is 0 Å². The van der Waals surface area contributed by atoms with Crippen LogP contribution in [0.4, 0.5) is 8.78 Å². The van der Waals surface area contributed by atoms with Gasteiger partial charge in [0.25, 0.3) is 0 Å². The number of carboxylic acids is 1. The Morgan fingerprint density at radius 1 is 1.64 bits per heavy atom. The van der Waals surface area contributed by atoms with Crippen molar-refractivity contribution in [3.05, 3.63) is 24.0 Å². The molecule has 0 amide bonds. The summed E-state index contributed by atoms with van der Waals surface area (Å²) in [5.74, 6) is -1.20. The second kappa shape index (κ2) is 2.69. The fraction of sp³-hybridized carbons (Fsp3) is 0.167. The van der Waals surface area contributed by atoms with E-state index in [1.54, 1.807) is 0 Å². The van der Waals surface area contributed by atoms with Crippen LogP contribution in [0.3, 0.4) is 0 Å². The first-order valence-electron chi connectivity index (χ1n) is 2.80. The third-order valence-electron chi connectivity index (χ3n) is 1.19. The lowest BCUT2D eigenvalue weighted by molar-refractivity contribution is 0.0676. The molecule has 11 heavy (non-hydrogen) atoms. The molecule has 5 heteroatoms. The second-order valence-electron chi connectivity index (χ2n) is 1.93. The monoisotopic (exact) mass is 161 g/mol. The van der Waals surface area contributed by atoms with Crippen molar-refractivity contribution in [3.8, 4) is 0 Å². The molecule has 0 fully saturated rings. The van der Waals surface area contributed by atoms with E-state index in [9.17, 15) is 13.6 Å². The smallest absolute Gasteiger partial charge is 0.337 e. The second-order valence-corrected chi connectivity index (χ2v) is 1.93. The van der Waals surface area contributed by atoms with Gasteiger partial charge < -0.3 is 5.11 Å². The average Bonchev–Trinajstić information content (AvgIpc) is 2.33. The number of hydrogen-bond acceptors (Lipinski definition) is 1. The van der Waals surface area contributed by atoms with Gasteiger partial charge in [0.1, 0.15) is 0 Å². The fourth-order valence-electron chi connectivity index (χ4n) is 0.661. The van der Waals surface area contributed by atoms with Crippen LogP contribution < -0.4 is 0 Å². The van der Waals surface area contributed by atoms with Gasteiger partial charge >= 0.3 is 12.5 Å². The topological polar surface area (TPSA) is 42.2 Å². The zero-order chi connectivity index (χ0) is 8.43. The Morgan fingerprint density at radius 2 is 2.27 bits per heavy atom. The van der Waals surface area contributed by atoms with Crippen LogP contribution in [0, 0.1) is 0 Å². The zero-order valence-corrected chi connectivity index (χ0v) is 5.37. The number of carbonyl (C=O) groups is 1. The Kier molecular flexibility index (Phi) is 1.89. The van der Waals surface area contributed by atoms with Crippen molar-refractivity contribution in [1.82, 2.24) is 4.57 Å². The SMILES string of the molecule is O=C(O)c1ccn(C(F)F)c1. The van der Waals surface area contributed by atoms with E-state index in [4.69, 9.17) is 5.11 Å². The average molecular weight is 161 g/mol. The fourth-order valence-corrected chi connectivity index (χ4v) is 0.661. The Bertz CT molecular complexity index is 269. The first-order valence-corrected chi connectivity index (χ1v) is 2.80. The van der Waals surface area contributed by atoms with Crippen molar-refractivity contribution in [2.45, 2.75) is 6.55 Å². The maximum absolute atomic E-state index is 11.8. The molecule has 0 spiro atoms. The summed E-state index contributed by atoms with van der Waals surface area (Å²) in [5, 5.41) is 8.32. The summed E-state index contributed by atoms with van der Waals surface area (Å²) in [6, 6.07) is 1.12. The lowest BCUT2D eigenvalue weighted by Gasteiger charge is -1.96. The van der Waals surface area contributed by atoms with Crippen molar-refractivity contribution >= 4 is 5.97 Å². The molecule has 3 nitrogen and oxygen atoms in total. The van der Waals surface area contributed by atoms with Gasteiger partial charge in [-0.25, -0.2) is 4.79 Å². The van der Waals surface area contributed by atoms with Crippen LogP contribution in [0.2, 0.25) is 0 Å². The Labute approximate surface area is 60.9 Å². The molecule has 60 valence electrons. The summed E-state index contributed by atoms with van der Waals surface area (Å²) in [6.07, 6.45) is 1.90. The van der Waals surface area contributed by atoms with Gasteiger partial charge in [-0.1, -0.05) is 0 Å². The summed E-state index contributed by atoms with van der Waals surface area (Å²) in [4.78, 5) is 10.2. The molecule has 0 atom stereocenters. The molecule has 0 aliphatic rings. The van der Waals surface area contributed by atoms with Crippen LogP contribution in [0.15, 0.2) is 18.5 Å². The molecule has 0 radical (unpaired) electrons. The van der Waals surface area contributed by atoms with Crippen LogP contribution in [0.5, 0.6) is 0 Å². The van der Waals surface area contributed by atoms with Crippen molar-refractivity contribution in [2.75, 3.05) is 0 Å². The van der Waals surface area contributed by atoms with Gasteiger partial charge in [0.2, 0.25) is 0 Å². The molecular formula is C6H5F2NO2. The number of hydrogen-bond donors (Lipinski definition) is 1. The highest BCUT2D eigenvalue weighted by atomic mass is 19.3. The van der Waals surface area contributed by atoms with Gasteiger partial charge in [0.05, 0.1) is 5.56 Å². The highest BCUT2D eigenvalue weighted by Gasteiger charge is 2.08. The third-order valence-corrected chi connectivity index (χ3v) is 1.19. The van der Waals surface area contributed by atoms with Gasteiger partial charge in [-0.2, -0.15) is 8.78 Å². The lowest BCUT2D eigenvalue weighted by atomic mass is 10.4. The highest BCUT2D eigenvalue weighted by molar-refractivity contribution is 5.87. The van der Waals surface area contributed by atoms with Gasteiger partial charge in [0.15, 0.2) is 0 Å². The number of aromatic carboxylic acids is 1. The molecule has 1 heterocycles. The number of halogens is 2. The Morgan fingerprint density at radius 3 is 2.55 bits per heavy atom. The van der Waals surface area contributed by atoms with E-state index in [0.717, 1.165) is 18.5 Å². The number of alkyl halides is 2. The van der Waals surface area contributed by atoms with E-state index in [2.05, 4.69) is 0 Å². The summed E-state index contributed by atoms with van der Waals surface area (Å²) >= 11 is 0. The molecule has 1 aromatic rings. The van der Waals surface area contributed by atoms with E-state index in [0.29, 0.717) is 4.57 Å². The molecule has 0 saturated carbocycles. The quantitative estimate of drug-likeness (QED) is 0.715. The number of carboxylic acid groups (broad SMARTS) is 1. The predicted octanol–water partition coefficient (Wildman–Crippen LogP) is 1.58. The van der Waals surface area contributed by atoms with Crippen LogP contribution >= 0.6 is 0 Å². The first kappa shape index (κ1) is 7.71. The standard InChI is InChI=1S/C6H5F2NO2/c7-6(8)9-2-1-4(3-9)5(10)11/h1-3,6H,(H,10,11). The summed E-state index contributed by atoms with van der Waals surface area (Å²) < 4.78 is 24.2. The van der Waals surface area contributed by atoms with Gasteiger partial charge in [-0.15, -0.1) is 0 Å². The molecule has 1 aromatic heterocycles. The highest BCUT2D eigenvalue weighted by Crippen LogP contribution is 2.11. The number of rotatable bonds is 2. The molecule has 0 aromatic carbocycles. The molecule has 1 rings (SSSR count). The van der Waals surface area contributed by atoms with Crippen LogP contribution in [0.1, 0.15) is 16.9 Å². The summed E-state index contributed by atoms with van der Waals surface area (Å²) in [7, 11) is 0. The van der Waals surface area contributed by atoms with Gasteiger partial charge in [-0.3, -0.25) is 4.57 Å². The molecule has 0 aliphatic heterocycles. The Hall–Kier alpha value is -1.39. The van der Waals surface area contributed by atoms with E-state index in [1.165, 1.54) is 0 Å². The Balaban J connectivity index is 2.90. The molecule has 0 unspecified atom stereocenters. The normalized spacial score (nSPS) is 10.5. The molecule has 0 saturated heterocycles. The van der Waals surface area contributed by atoms with Gasteiger partial charge in [0, 0.05) is 12.4 Å². The van der Waals surface area contributed by atoms with E-state index in [-0.39, 0.29) is 5.56 Å². The maximum atomic E-state index is 11.8. The molecule has 1 N–H and O–H groups in total. The minimum atomic E-state index is -2.68. The number of aromatic nitrogens is 1. The minimum Gasteiger partial charge on any atom is -0.478 e. The van der Waals surface area contributed by atoms with E-state index < -0.39 is 12.5 Å². The molecule has 0 aliphatic carbocycles. The lowest BCUT2D eigenvalue weighted by Crippen LogP contribution is -1.96. The van der Waals surface area contributed by atoms with E-state index in [1.807, 2.05) is 0 Å². The third kappa shape index (κ3) is 1.54.